The minimum Gasteiger partial charge on any atom is -0.316 e. The maximum Gasteiger partial charge on any atom is 0.0202 e. The standard InChI is InChI=1S/C10H15N.H2/c1-3-9-4-6-10(7-5-9)8-11-2;/h4-7,11H,3,8H2,1-2H3;1H. The molecule has 0 heterocycles. The van der Waals surface area contributed by atoms with Crippen LogP contribution < -0.4 is 5.32 Å². The topological polar surface area (TPSA) is 12.0 Å². The fraction of sp³-hybridized carbons (Fsp3) is 0.400. The van der Waals surface area contributed by atoms with Crippen LogP contribution in [0, 0.1) is 0 Å². The summed E-state index contributed by atoms with van der Waals surface area (Å²) in [6.07, 6.45) is 1.12. The van der Waals surface area contributed by atoms with Crippen LogP contribution in [-0.2, 0) is 13.0 Å². The summed E-state index contributed by atoms with van der Waals surface area (Å²) in [4.78, 5) is 0. The van der Waals surface area contributed by atoms with Crippen molar-refractivity contribution >= 4 is 0 Å². The lowest BCUT2D eigenvalue weighted by Gasteiger charge is -2.00. The molecule has 1 rings (SSSR count). The Bertz CT molecular complexity index is 206. The van der Waals surface area contributed by atoms with Crippen molar-refractivity contribution in [3.63, 3.8) is 0 Å². The van der Waals surface area contributed by atoms with Gasteiger partial charge in [0.1, 0.15) is 0 Å². The molecule has 0 aliphatic rings. The van der Waals surface area contributed by atoms with Gasteiger partial charge < -0.3 is 5.32 Å². The highest BCUT2D eigenvalue weighted by atomic mass is 14.8. The third-order valence-electron chi connectivity index (χ3n) is 1.81. The van der Waals surface area contributed by atoms with E-state index in [0.29, 0.717) is 0 Å². The summed E-state index contributed by atoms with van der Waals surface area (Å²) in [6, 6.07) is 8.73. The summed E-state index contributed by atoms with van der Waals surface area (Å²) in [5.74, 6) is 0. The lowest BCUT2D eigenvalue weighted by Crippen LogP contribution is -2.04. The number of benzene rings is 1. The lowest BCUT2D eigenvalue weighted by molar-refractivity contribution is 0.817. The molecular formula is C10H17N. The van der Waals surface area contributed by atoms with Crippen LogP contribution in [-0.4, -0.2) is 7.05 Å². The first-order chi connectivity index (χ1) is 5.36. The number of hydrogen-bond acceptors (Lipinski definition) is 1. The summed E-state index contributed by atoms with van der Waals surface area (Å²) in [6.45, 7) is 3.14. The van der Waals surface area contributed by atoms with Crippen molar-refractivity contribution in [3.05, 3.63) is 35.4 Å². The second kappa shape index (κ2) is 4.14. The molecular weight excluding hydrogens is 134 g/mol. The van der Waals surface area contributed by atoms with Gasteiger partial charge in [-0.15, -0.1) is 0 Å². The van der Waals surface area contributed by atoms with E-state index in [1.807, 2.05) is 7.05 Å². The van der Waals surface area contributed by atoms with E-state index >= 15 is 0 Å². The van der Waals surface area contributed by atoms with Gasteiger partial charge in [-0.05, 0) is 24.6 Å². The summed E-state index contributed by atoms with van der Waals surface area (Å²) in [5.41, 5.74) is 2.76. The van der Waals surface area contributed by atoms with E-state index in [1.165, 1.54) is 11.1 Å². The normalized spacial score (nSPS) is 10.0. The Morgan fingerprint density at radius 2 is 1.73 bits per heavy atom. The third-order valence-corrected chi connectivity index (χ3v) is 1.81. The van der Waals surface area contributed by atoms with Gasteiger partial charge in [-0.1, -0.05) is 31.2 Å². The van der Waals surface area contributed by atoms with E-state index in [4.69, 9.17) is 0 Å². The molecule has 1 aromatic rings. The number of hydrogen-bond donors (Lipinski definition) is 1. The zero-order valence-electron chi connectivity index (χ0n) is 7.22. The molecule has 0 aliphatic heterocycles. The van der Waals surface area contributed by atoms with E-state index < -0.39 is 0 Å². The fourth-order valence-electron chi connectivity index (χ4n) is 1.10. The van der Waals surface area contributed by atoms with E-state index in [2.05, 4.69) is 36.5 Å². The Hall–Kier alpha value is -0.820. The SMILES string of the molecule is CCc1ccc(CNC)cc1.[HH]. The fourth-order valence-corrected chi connectivity index (χ4v) is 1.10. The van der Waals surface area contributed by atoms with Crippen molar-refractivity contribution in [2.45, 2.75) is 19.9 Å². The molecule has 0 aromatic heterocycles. The Labute approximate surface area is 69.9 Å². The predicted molar refractivity (Wildman–Crippen MR) is 50.7 cm³/mol. The van der Waals surface area contributed by atoms with Crippen molar-refractivity contribution in [3.8, 4) is 0 Å². The van der Waals surface area contributed by atoms with Gasteiger partial charge in [0.15, 0.2) is 0 Å². The minimum absolute atomic E-state index is 0. The molecule has 0 unspecified atom stereocenters. The third kappa shape index (κ3) is 2.35. The second-order valence-electron chi connectivity index (χ2n) is 2.70. The Kier molecular flexibility index (Phi) is 3.12. The molecule has 1 nitrogen and oxygen atoms in total. The number of aryl methyl sites for hydroxylation is 1. The number of nitrogens with one attached hydrogen (secondary N) is 1. The van der Waals surface area contributed by atoms with Crippen LogP contribution >= 0.6 is 0 Å². The van der Waals surface area contributed by atoms with Crippen molar-refractivity contribution in [1.29, 1.82) is 0 Å². The Morgan fingerprint density at radius 3 is 2.18 bits per heavy atom. The van der Waals surface area contributed by atoms with Crippen molar-refractivity contribution in [2.75, 3.05) is 7.05 Å². The first kappa shape index (κ1) is 8.28. The maximum atomic E-state index is 3.12. The quantitative estimate of drug-likeness (QED) is 0.698. The minimum atomic E-state index is 0. The molecule has 0 radical (unpaired) electrons. The monoisotopic (exact) mass is 151 g/mol. The smallest absolute Gasteiger partial charge is 0.0202 e. The average Bonchev–Trinajstić information content (AvgIpc) is 2.07. The van der Waals surface area contributed by atoms with E-state index in [0.717, 1.165) is 13.0 Å². The first-order valence-electron chi connectivity index (χ1n) is 4.09. The van der Waals surface area contributed by atoms with Gasteiger partial charge >= 0.3 is 0 Å². The van der Waals surface area contributed by atoms with Gasteiger partial charge in [-0.25, -0.2) is 0 Å². The molecule has 1 heteroatoms. The summed E-state index contributed by atoms with van der Waals surface area (Å²) >= 11 is 0. The zero-order chi connectivity index (χ0) is 8.10. The molecule has 0 bridgehead atoms. The van der Waals surface area contributed by atoms with Crippen LogP contribution in [0.3, 0.4) is 0 Å². The number of rotatable bonds is 3. The van der Waals surface area contributed by atoms with Gasteiger partial charge in [0.05, 0.1) is 0 Å². The molecule has 0 aliphatic carbocycles. The molecule has 0 spiro atoms. The average molecular weight is 151 g/mol. The Morgan fingerprint density at radius 1 is 1.18 bits per heavy atom. The molecule has 0 amide bonds. The molecule has 62 valence electrons. The van der Waals surface area contributed by atoms with Gasteiger partial charge in [-0.3, -0.25) is 0 Å². The van der Waals surface area contributed by atoms with E-state index in [9.17, 15) is 0 Å². The van der Waals surface area contributed by atoms with Crippen LogP contribution in [0.5, 0.6) is 0 Å². The molecule has 0 atom stereocenters. The molecule has 0 saturated heterocycles. The molecule has 0 fully saturated rings. The molecule has 0 saturated carbocycles. The Balaban J connectivity index is 0.00000121. The molecule has 1 N–H and O–H groups in total. The van der Waals surface area contributed by atoms with Crippen molar-refractivity contribution in [2.24, 2.45) is 0 Å². The van der Waals surface area contributed by atoms with E-state index in [1.54, 1.807) is 0 Å². The highest BCUT2D eigenvalue weighted by molar-refractivity contribution is 5.22. The summed E-state index contributed by atoms with van der Waals surface area (Å²) < 4.78 is 0. The highest BCUT2D eigenvalue weighted by Gasteiger charge is 1.90. The van der Waals surface area contributed by atoms with Crippen LogP contribution in [0.15, 0.2) is 24.3 Å². The van der Waals surface area contributed by atoms with Gasteiger partial charge in [0, 0.05) is 7.97 Å². The predicted octanol–water partition coefficient (Wildman–Crippen LogP) is 2.21. The van der Waals surface area contributed by atoms with Crippen molar-refractivity contribution in [1.82, 2.24) is 5.32 Å². The van der Waals surface area contributed by atoms with Gasteiger partial charge in [-0.2, -0.15) is 0 Å². The van der Waals surface area contributed by atoms with Crippen LogP contribution in [0.1, 0.15) is 19.5 Å². The highest BCUT2D eigenvalue weighted by Crippen LogP contribution is 2.03. The summed E-state index contributed by atoms with van der Waals surface area (Å²) in [7, 11) is 1.97. The van der Waals surface area contributed by atoms with Gasteiger partial charge in [0.25, 0.3) is 0 Å². The van der Waals surface area contributed by atoms with Crippen LogP contribution in [0.2, 0.25) is 0 Å². The van der Waals surface area contributed by atoms with Crippen LogP contribution in [0.4, 0.5) is 0 Å². The first-order valence-corrected chi connectivity index (χ1v) is 4.09. The van der Waals surface area contributed by atoms with Gasteiger partial charge in [0.2, 0.25) is 0 Å². The molecule has 1 aromatic carbocycles. The largest absolute Gasteiger partial charge is 0.316 e. The zero-order valence-corrected chi connectivity index (χ0v) is 7.22. The second-order valence-corrected chi connectivity index (χ2v) is 2.70. The maximum absolute atomic E-state index is 3.12. The summed E-state index contributed by atoms with van der Waals surface area (Å²) in [5, 5.41) is 3.12. The van der Waals surface area contributed by atoms with Crippen molar-refractivity contribution < 1.29 is 1.43 Å². The lowest BCUT2D eigenvalue weighted by atomic mass is 10.1. The van der Waals surface area contributed by atoms with E-state index in [-0.39, 0.29) is 1.43 Å². The van der Waals surface area contributed by atoms with Crippen LogP contribution in [0.25, 0.3) is 0 Å². The molecule has 11 heavy (non-hydrogen) atoms.